The summed E-state index contributed by atoms with van der Waals surface area (Å²) < 4.78 is 0. The second-order valence-electron chi connectivity index (χ2n) is 5.33. The van der Waals surface area contributed by atoms with Gasteiger partial charge in [-0.1, -0.05) is 25.7 Å². The molecule has 0 aromatic rings. The summed E-state index contributed by atoms with van der Waals surface area (Å²) in [5.74, 6) is 0.605. The fourth-order valence-electron chi connectivity index (χ4n) is 3.07. The number of hydrogen-bond acceptors (Lipinski definition) is 2. The Morgan fingerprint density at radius 2 is 1.53 bits per heavy atom. The first-order chi connectivity index (χ1) is 7.36. The number of likely N-dealkylation sites (tertiary alicyclic amines) is 1. The van der Waals surface area contributed by atoms with Crippen molar-refractivity contribution in [3.8, 4) is 0 Å². The van der Waals surface area contributed by atoms with Gasteiger partial charge >= 0.3 is 0 Å². The summed E-state index contributed by atoms with van der Waals surface area (Å²) in [6.07, 6.45) is 10.6. The second-order valence-corrected chi connectivity index (χ2v) is 5.33. The van der Waals surface area contributed by atoms with Crippen LogP contribution in [-0.4, -0.2) is 35.7 Å². The van der Waals surface area contributed by atoms with Gasteiger partial charge in [0, 0.05) is 6.54 Å². The van der Waals surface area contributed by atoms with Crippen LogP contribution in [0.2, 0.25) is 0 Å². The third-order valence-electron chi connectivity index (χ3n) is 4.09. The Bertz CT molecular complexity index is 169. The molecule has 0 spiro atoms. The molecule has 2 rings (SSSR count). The van der Waals surface area contributed by atoms with E-state index in [1.54, 1.807) is 0 Å². The number of aliphatic hydroxyl groups excluding tert-OH is 1. The Morgan fingerprint density at radius 1 is 0.933 bits per heavy atom. The van der Waals surface area contributed by atoms with Gasteiger partial charge in [-0.2, -0.15) is 0 Å². The Labute approximate surface area is 93.7 Å². The van der Waals surface area contributed by atoms with Crippen molar-refractivity contribution in [3.63, 3.8) is 0 Å². The normalized spacial score (nSPS) is 27.8. The largest absolute Gasteiger partial charge is 0.392 e. The Hall–Kier alpha value is -0.0800. The van der Waals surface area contributed by atoms with Gasteiger partial charge in [0.15, 0.2) is 0 Å². The second kappa shape index (κ2) is 5.86. The highest BCUT2D eigenvalue weighted by atomic mass is 16.3. The van der Waals surface area contributed by atoms with Crippen molar-refractivity contribution in [2.24, 2.45) is 5.92 Å². The molecule has 2 nitrogen and oxygen atoms in total. The lowest BCUT2D eigenvalue weighted by Gasteiger charge is -2.26. The third-order valence-corrected chi connectivity index (χ3v) is 4.09. The Morgan fingerprint density at radius 3 is 2.13 bits per heavy atom. The quantitative estimate of drug-likeness (QED) is 0.775. The van der Waals surface area contributed by atoms with Crippen LogP contribution in [0.5, 0.6) is 0 Å². The lowest BCUT2D eigenvalue weighted by Crippen LogP contribution is -2.36. The van der Waals surface area contributed by atoms with Gasteiger partial charge in [0.05, 0.1) is 6.10 Å². The van der Waals surface area contributed by atoms with Crippen LogP contribution in [0.15, 0.2) is 0 Å². The third kappa shape index (κ3) is 3.46. The van der Waals surface area contributed by atoms with Crippen molar-refractivity contribution in [2.75, 3.05) is 19.6 Å². The molecule has 1 aliphatic carbocycles. The van der Waals surface area contributed by atoms with Crippen LogP contribution in [0.1, 0.15) is 51.4 Å². The van der Waals surface area contributed by atoms with Crippen molar-refractivity contribution in [1.29, 1.82) is 0 Å². The highest BCUT2D eigenvalue weighted by Crippen LogP contribution is 2.28. The van der Waals surface area contributed by atoms with Gasteiger partial charge in [-0.3, -0.25) is 0 Å². The lowest BCUT2D eigenvalue weighted by molar-refractivity contribution is 0.0669. The molecule has 88 valence electrons. The van der Waals surface area contributed by atoms with Crippen LogP contribution in [-0.2, 0) is 0 Å². The van der Waals surface area contributed by atoms with Gasteiger partial charge in [0.1, 0.15) is 0 Å². The van der Waals surface area contributed by atoms with Gasteiger partial charge in [-0.05, 0) is 44.7 Å². The van der Waals surface area contributed by atoms with E-state index < -0.39 is 0 Å². The maximum Gasteiger partial charge on any atom is 0.0695 e. The summed E-state index contributed by atoms with van der Waals surface area (Å²) >= 11 is 0. The molecule has 1 saturated heterocycles. The van der Waals surface area contributed by atoms with E-state index >= 15 is 0 Å². The summed E-state index contributed by atoms with van der Waals surface area (Å²) in [5.41, 5.74) is 0. The molecule has 0 amide bonds. The van der Waals surface area contributed by atoms with Crippen LogP contribution in [0, 0.1) is 5.92 Å². The zero-order chi connectivity index (χ0) is 10.5. The van der Waals surface area contributed by atoms with E-state index in [1.807, 2.05) is 0 Å². The molecule has 0 radical (unpaired) electrons. The molecular formula is C13H25NO. The summed E-state index contributed by atoms with van der Waals surface area (Å²) in [4.78, 5) is 2.48. The number of nitrogens with zero attached hydrogens (tertiary/aromatic N) is 1. The summed E-state index contributed by atoms with van der Waals surface area (Å²) in [6.45, 7) is 3.36. The van der Waals surface area contributed by atoms with Crippen molar-refractivity contribution in [3.05, 3.63) is 0 Å². The first-order valence-electron chi connectivity index (χ1n) is 6.76. The molecule has 1 heterocycles. The van der Waals surface area contributed by atoms with Gasteiger partial charge in [-0.15, -0.1) is 0 Å². The SMILES string of the molecule is OC(CN1CCCCCC1)C1CCCC1. The first kappa shape index (κ1) is 11.4. The molecule has 1 aliphatic heterocycles. The predicted octanol–water partition coefficient (Wildman–Crippen LogP) is 2.41. The summed E-state index contributed by atoms with van der Waals surface area (Å²) in [6, 6.07) is 0. The summed E-state index contributed by atoms with van der Waals surface area (Å²) in [5, 5.41) is 10.2. The molecule has 1 saturated carbocycles. The smallest absolute Gasteiger partial charge is 0.0695 e. The van der Waals surface area contributed by atoms with E-state index in [1.165, 1.54) is 64.5 Å². The molecule has 15 heavy (non-hydrogen) atoms. The van der Waals surface area contributed by atoms with Gasteiger partial charge < -0.3 is 10.0 Å². The van der Waals surface area contributed by atoms with Crippen LogP contribution >= 0.6 is 0 Å². The van der Waals surface area contributed by atoms with Gasteiger partial charge in [0.2, 0.25) is 0 Å². The van der Waals surface area contributed by atoms with Crippen LogP contribution < -0.4 is 0 Å². The molecule has 2 fully saturated rings. The molecule has 0 aromatic carbocycles. The van der Waals surface area contributed by atoms with Crippen molar-refractivity contribution < 1.29 is 5.11 Å². The number of hydrogen-bond donors (Lipinski definition) is 1. The molecule has 1 N–H and O–H groups in total. The number of aliphatic hydroxyl groups is 1. The molecular weight excluding hydrogens is 186 g/mol. The number of rotatable bonds is 3. The molecule has 2 heteroatoms. The van der Waals surface area contributed by atoms with Crippen LogP contribution in [0.25, 0.3) is 0 Å². The minimum absolute atomic E-state index is 0.0504. The zero-order valence-corrected chi connectivity index (χ0v) is 9.83. The van der Waals surface area contributed by atoms with Crippen molar-refractivity contribution in [1.82, 2.24) is 4.90 Å². The minimum Gasteiger partial charge on any atom is -0.392 e. The zero-order valence-electron chi connectivity index (χ0n) is 9.83. The van der Waals surface area contributed by atoms with Crippen molar-refractivity contribution in [2.45, 2.75) is 57.5 Å². The molecule has 0 aromatic heterocycles. The van der Waals surface area contributed by atoms with E-state index in [0.29, 0.717) is 5.92 Å². The minimum atomic E-state index is -0.0504. The fourth-order valence-corrected chi connectivity index (χ4v) is 3.07. The molecule has 1 atom stereocenters. The van der Waals surface area contributed by atoms with E-state index in [0.717, 1.165) is 6.54 Å². The lowest BCUT2D eigenvalue weighted by atomic mass is 10.0. The average Bonchev–Trinajstić information content (AvgIpc) is 2.65. The monoisotopic (exact) mass is 211 g/mol. The average molecular weight is 211 g/mol. The van der Waals surface area contributed by atoms with E-state index in [9.17, 15) is 5.11 Å². The standard InChI is InChI=1S/C13H25NO/c15-13(12-7-3-4-8-12)11-14-9-5-1-2-6-10-14/h12-13,15H,1-11H2. The maximum atomic E-state index is 10.2. The first-order valence-corrected chi connectivity index (χ1v) is 6.76. The Kier molecular flexibility index (Phi) is 4.45. The van der Waals surface area contributed by atoms with Gasteiger partial charge in [-0.25, -0.2) is 0 Å². The molecule has 0 bridgehead atoms. The topological polar surface area (TPSA) is 23.5 Å². The number of β-amino-alcohol motifs (C(OH)–C–C–N with tert-alkyl or cyclic N) is 1. The Balaban J connectivity index is 1.73. The highest BCUT2D eigenvalue weighted by Gasteiger charge is 2.24. The fraction of sp³-hybridized carbons (Fsp3) is 1.00. The van der Waals surface area contributed by atoms with E-state index in [4.69, 9.17) is 0 Å². The summed E-state index contributed by atoms with van der Waals surface area (Å²) in [7, 11) is 0. The predicted molar refractivity (Wildman–Crippen MR) is 62.9 cm³/mol. The highest BCUT2D eigenvalue weighted by molar-refractivity contribution is 4.78. The van der Waals surface area contributed by atoms with Gasteiger partial charge in [0.25, 0.3) is 0 Å². The molecule has 2 aliphatic rings. The van der Waals surface area contributed by atoms with Crippen LogP contribution in [0.3, 0.4) is 0 Å². The maximum absolute atomic E-state index is 10.2. The van der Waals surface area contributed by atoms with Crippen LogP contribution in [0.4, 0.5) is 0 Å². The van der Waals surface area contributed by atoms with Crippen molar-refractivity contribution >= 4 is 0 Å². The van der Waals surface area contributed by atoms with E-state index in [-0.39, 0.29) is 6.10 Å². The van der Waals surface area contributed by atoms with E-state index in [2.05, 4.69) is 4.90 Å². The molecule has 1 unspecified atom stereocenters.